The number of anilines is 1. The van der Waals surface area contributed by atoms with Crippen LogP contribution in [-0.4, -0.2) is 95.6 Å². The van der Waals surface area contributed by atoms with Gasteiger partial charge in [0.1, 0.15) is 11.6 Å². The summed E-state index contributed by atoms with van der Waals surface area (Å²) in [7, 11) is 6.53. The molecule has 3 fully saturated rings. The van der Waals surface area contributed by atoms with E-state index in [-0.39, 0.29) is 36.1 Å². The van der Waals surface area contributed by atoms with Gasteiger partial charge in [0, 0.05) is 50.1 Å². The number of carbonyl (C=O) groups excluding carboxylic acids is 2. The third kappa shape index (κ3) is 7.68. The fraction of sp³-hybridized carbons (Fsp3) is 0.583. The molecule has 2 N–H and O–H groups in total. The van der Waals surface area contributed by atoms with Crippen molar-refractivity contribution in [3.63, 3.8) is 0 Å². The molecule has 48 heavy (non-hydrogen) atoms. The van der Waals surface area contributed by atoms with Crippen LogP contribution in [0.3, 0.4) is 0 Å². The molecule has 3 aliphatic rings. The third-order valence-electron chi connectivity index (χ3n) is 10.6. The van der Waals surface area contributed by atoms with Crippen LogP contribution in [0.1, 0.15) is 48.8 Å². The zero-order valence-electron chi connectivity index (χ0n) is 28.4. The van der Waals surface area contributed by atoms with Gasteiger partial charge >= 0.3 is 12.2 Å². The van der Waals surface area contributed by atoms with Crippen LogP contribution in [0.2, 0.25) is 0 Å². The molecule has 260 valence electrons. The maximum absolute atomic E-state index is 15.0. The highest BCUT2D eigenvalue weighted by molar-refractivity contribution is 5.68. The molecule has 0 unspecified atom stereocenters. The Morgan fingerprint density at radius 2 is 1.77 bits per heavy atom. The number of amides is 2. The number of likely N-dealkylation sites (tertiary alicyclic amines) is 1. The van der Waals surface area contributed by atoms with E-state index in [2.05, 4.69) is 26.5 Å². The van der Waals surface area contributed by atoms with Crippen LogP contribution in [0.4, 0.5) is 24.1 Å². The Balaban J connectivity index is 1.31. The Hall–Kier alpha value is -3.95. The molecule has 2 saturated heterocycles. The lowest BCUT2D eigenvalue weighted by atomic mass is 9.58. The number of piperidine rings is 1. The van der Waals surface area contributed by atoms with E-state index >= 15 is 4.39 Å². The lowest BCUT2D eigenvalue weighted by Gasteiger charge is -2.51. The fourth-order valence-corrected chi connectivity index (χ4v) is 8.46. The Kier molecular flexibility index (Phi) is 11.4. The molecule has 1 aliphatic carbocycles. The zero-order valence-corrected chi connectivity index (χ0v) is 28.4. The monoisotopic (exact) mass is 666 g/mol. The van der Waals surface area contributed by atoms with E-state index in [9.17, 15) is 19.2 Å². The first kappa shape index (κ1) is 35.4. The first-order valence-corrected chi connectivity index (χ1v) is 16.8. The Morgan fingerprint density at radius 1 is 1.04 bits per heavy atom. The second-order valence-electron chi connectivity index (χ2n) is 13.8. The van der Waals surface area contributed by atoms with Gasteiger partial charge in [0.2, 0.25) is 0 Å². The van der Waals surface area contributed by atoms with Crippen molar-refractivity contribution >= 4 is 17.9 Å². The number of rotatable bonds is 11. The molecule has 10 nitrogen and oxygen atoms in total. The van der Waals surface area contributed by atoms with Crippen LogP contribution in [0.5, 0.6) is 0 Å². The number of ether oxygens (including phenoxy) is 2. The standard InChI is InChI=1S/C36H48F2N6O4/c1-42(2)22-26-16-33(31(38)15-25(26)18-39)44-20-24(21-44)19-43-13-11-27(12-14-43)36(23-40-34(45)47-3,28-7-5-8-29(37)17-28)30-9-6-10-32(30)41-35(46)48-4/h5,7-8,15-17,24,27,30,32H,6,9-14,19-23H2,1-4H3,(H,40,45)(H,41,46)/t30-,32-,36-/m0/s1. The summed E-state index contributed by atoms with van der Waals surface area (Å²) in [5.74, 6) is -0.295. The van der Waals surface area contributed by atoms with Gasteiger partial charge in [0.15, 0.2) is 0 Å². The number of hydrogen-bond donors (Lipinski definition) is 2. The molecule has 2 aliphatic heterocycles. The van der Waals surface area contributed by atoms with Crippen molar-refractivity contribution in [2.75, 3.05) is 72.5 Å². The number of hydrogen-bond acceptors (Lipinski definition) is 8. The normalized spacial score (nSPS) is 21.7. The van der Waals surface area contributed by atoms with E-state index in [0.29, 0.717) is 23.7 Å². The molecular weight excluding hydrogens is 618 g/mol. The number of nitrogens with one attached hydrogen (secondary N) is 2. The Labute approximate surface area is 282 Å². The second kappa shape index (κ2) is 15.5. The predicted octanol–water partition coefficient (Wildman–Crippen LogP) is 4.86. The smallest absolute Gasteiger partial charge is 0.407 e. The van der Waals surface area contributed by atoms with E-state index < -0.39 is 17.6 Å². The molecule has 0 aromatic heterocycles. The fourth-order valence-electron chi connectivity index (χ4n) is 8.46. The largest absolute Gasteiger partial charge is 0.453 e. The van der Waals surface area contributed by atoms with Gasteiger partial charge in [0.05, 0.1) is 31.5 Å². The minimum Gasteiger partial charge on any atom is -0.453 e. The van der Waals surface area contributed by atoms with Crippen molar-refractivity contribution in [2.45, 2.75) is 50.1 Å². The average Bonchev–Trinajstić information content (AvgIpc) is 3.52. The molecule has 2 aromatic rings. The lowest BCUT2D eigenvalue weighted by Crippen LogP contribution is -2.58. The van der Waals surface area contributed by atoms with Crippen molar-refractivity contribution in [1.82, 2.24) is 20.4 Å². The summed E-state index contributed by atoms with van der Waals surface area (Å²) in [6, 6.07) is 11.8. The van der Waals surface area contributed by atoms with Gasteiger partial charge < -0.3 is 34.8 Å². The topological polar surface area (TPSA) is 110 Å². The van der Waals surface area contributed by atoms with Crippen molar-refractivity contribution in [1.29, 1.82) is 5.26 Å². The van der Waals surface area contributed by atoms with Gasteiger partial charge in [-0.05, 0) is 100 Å². The van der Waals surface area contributed by atoms with E-state index in [1.165, 1.54) is 26.4 Å². The van der Waals surface area contributed by atoms with Gasteiger partial charge in [-0.15, -0.1) is 0 Å². The first-order chi connectivity index (χ1) is 23.1. The number of alkyl carbamates (subject to hydrolysis) is 2. The number of nitrogens with zero attached hydrogens (tertiary/aromatic N) is 4. The van der Waals surface area contributed by atoms with Crippen LogP contribution < -0.4 is 15.5 Å². The highest BCUT2D eigenvalue weighted by atomic mass is 19.1. The summed E-state index contributed by atoms with van der Waals surface area (Å²) in [5, 5.41) is 15.5. The summed E-state index contributed by atoms with van der Waals surface area (Å²) in [6.45, 7) is 4.84. The van der Waals surface area contributed by atoms with Crippen molar-refractivity contribution in [2.24, 2.45) is 17.8 Å². The van der Waals surface area contributed by atoms with E-state index in [1.54, 1.807) is 12.1 Å². The second-order valence-corrected chi connectivity index (χ2v) is 13.8. The van der Waals surface area contributed by atoms with Crippen LogP contribution in [0.15, 0.2) is 36.4 Å². The maximum atomic E-state index is 15.0. The lowest BCUT2D eigenvalue weighted by molar-refractivity contribution is 0.0641. The van der Waals surface area contributed by atoms with Crippen LogP contribution in [-0.2, 0) is 21.4 Å². The molecule has 1 saturated carbocycles. The summed E-state index contributed by atoms with van der Waals surface area (Å²) >= 11 is 0. The molecule has 0 spiro atoms. The van der Waals surface area contributed by atoms with Crippen molar-refractivity contribution in [3.05, 3.63) is 64.7 Å². The van der Waals surface area contributed by atoms with Gasteiger partial charge in [-0.3, -0.25) is 0 Å². The van der Waals surface area contributed by atoms with Crippen LogP contribution in [0, 0.1) is 40.7 Å². The molecular formula is C36H48F2N6O4. The predicted molar refractivity (Wildman–Crippen MR) is 179 cm³/mol. The molecule has 0 radical (unpaired) electrons. The van der Waals surface area contributed by atoms with Gasteiger partial charge in [0.25, 0.3) is 0 Å². The van der Waals surface area contributed by atoms with E-state index in [1.807, 2.05) is 31.1 Å². The van der Waals surface area contributed by atoms with E-state index in [0.717, 1.165) is 76.0 Å². The minimum atomic E-state index is -0.658. The molecule has 2 heterocycles. The summed E-state index contributed by atoms with van der Waals surface area (Å²) in [4.78, 5) is 31.3. The number of nitriles is 1. The maximum Gasteiger partial charge on any atom is 0.407 e. The number of halogens is 2. The number of benzene rings is 2. The van der Waals surface area contributed by atoms with E-state index in [4.69, 9.17) is 9.47 Å². The van der Waals surface area contributed by atoms with Gasteiger partial charge in [-0.1, -0.05) is 18.6 Å². The minimum absolute atomic E-state index is 0.0630. The number of carbonyl (C=O) groups is 2. The van der Waals surface area contributed by atoms with Crippen molar-refractivity contribution < 1.29 is 27.8 Å². The Bertz CT molecular complexity index is 1490. The SMILES string of the molecule is COC(=O)NC[C@@](c1cccc(F)c1)(C1CCN(CC2CN(c3cc(CN(C)C)c(C#N)cc3F)C2)CC1)[C@H]1CCC[C@@H]1NC(=O)OC. The average molecular weight is 667 g/mol. The highest BCUT2D eigenvalue weighted by Gasteiger charge is 2.52. The Morgan fingerprint density at radius 3 is 2.42 bits per heavy atom. The summed E-state index contributed by atoms with van der Waals surface area (Å²) in [6.07, 6.45) is 3.08. The summed E-state index contributed by atoms with van der Waals surface area (Å²) < 4.78 is 39.8. The molecule has 12 heteroatoms. The van der Waals surface area contributed by atoms with Gasteiger partial charge in [-0.2, -0.15) is 5.26 Å². The highest BCUT2D eigenvalue weighted by Crippen LogP contribution is 2.50. The molecule has 3 atom stereocenters. The van der Waals surface area contributed by atoms with Crippen molar-refractivity contribution in [3.8, 4) is 6.07 Å². The molecule has 0 bridgehead atoms. The molecule has 2 aromatic carbocycles. The quantitative estimate of drug-likeness (QED) is 0.350. The first-order valence-electron chi connectivity index (χ1n) is 16.8. The molecule has 2 amide bonds. The van der Waals surface area contributed by atoms with Crippen LogP contribution >= 0.6 is 0 Å². The van der Waals surface area contributed by atoms with Gasteiger partial charge in [-0.25, -0.2) is 18.4 Å². The summed E-state index contributed by atoms with van der Waals surface area (Å²) in [5.41, 5.74) is 1.89. The zero-order chi connectivity index (χ0) is 34.4. The molecule has 5 rings (SSSR count). The number of methoxy groups -OCH3 is 2. The van der Waals surface area contributed by atoms with Crippen LogP contribution in [0.25, 0.3) is 0 Å². The third-order valence-corrected chi connectivity index (χ3v) is 10.6.